The Balaban J connectivity index is 1.68. The van der Waals surface area contributed by atoms with Gasteiger partial charge in [0.05, 0.1) is 7.11 Å². The Kier molecular flexibility index (Phi) is 5.26. The number of nitrogens with one attached hydrogen (secondary N) is 1. The number of hydrogen-bond donors (Lipinski definition) is 1. The number of ether oxygens (including phenoxy) is 1. The second kappa shape index (κ2) is 7.59. The summed E-state index contributed by atoms with van der Waals surface area (Å²) >= 11 is 0. The van der Waals surface area contributed by atoms with E-state index in [-0.39, 0.29) is 5.56 Å². The van der Waals surface area contributed by atoms with Crippen LogP contribution in [0.4, 0.5) is 11.6 Å². The maximum Gasteiger partial charge on any atom is 0.255 e. The summed E-state index contributed by atoms with van der Waals surface area (Å²) < 4.78 is 5.21. The molecule has 1 N–H and O–H groups in total. The number of aromatic nitrogens is 2. The van der Waals surface area contributed by atoms with E-state index in [0.717, 1.165) is 56.0 Å². The summed E-state index contributed by atoms with van der Waals surface area (Å²) in [6, 6.07) is 8.13. The highest BCUT2D eigenvalue weighted by Crippen LogP contribution is 2.21. The van der Waals surface area contributed by atoms with Crippen molar-refractivity contribution in [2.75, 3.05) is 43.1 Å². The van der Waals surface area contributed by atoms with Crippen molar-refractivity contribution in [3.05, 3.63) is 45.9 Å². The molecule has 0 spiro atoms. The molecule has 1 fully saturated rings. The van der Waals surface area contributed by atoms with Crippen molar-refractivity contribution >= 4 is 11.6 Å². The summed E-state index contributed by atoms with van der Waals surface area (Å²) in [7, 11) is 1.68. The summed E-state index contributed by atoms with van der Waals surface area (Å²) in [5.41, 5.74) is 2.85. The number of rotatable bonds is 5. The number of H-pyrrole nitrogens is 1. The predicted molar refractivity (Wildman–Crippen MR) is 101 cm³/mol. The van der Waals surface area contributed by atoms with E-state index < -0.39 is 0 Å². The van der Waals surface area contributed by atoms with Gasteiger partial charge >= 0.3 is 0 Å². The van der Waals surface area contributed by atoms with Crippen LogP contribution in [-0.2, 0) is 6.42 Å². The molecule has 0 amide bonds. The Bertz CT molecular complexity index is 762. The van der Waals surface area contributed by atoms with Gasteiger partial charge in [-0.25, -0.2) is 4.98 Å². The van der Waals surface area contributed by atoms with E-state index in [9.17, 15) is 4.79 Å². The van der Waals surface area contributed by atoms with Crippen LogP contribution in [0.1, 0.15) is 24.6 Å². The Morgan fingerprint density at radius 1 is 1.12 bits per heavy atom. The number of nitrogens with zero attached hydrogens (tertiary/aromatic N) is 3. The molecule has 2 aromatic rings. The van der Waals surface area contributed by atoms with Gasteiger partial charge < -0.3 is 14.5 Å². The van der Waals surface area contributed by atoms with Crippen LogP contribution >= 0.6 is 0 Å². The zero-order valence-corrected chi connectivity index (χ0v) is 15.2. The van der Waals surface area contributed by atoms with Gasteiger partial charge in [-0.15, -0.1) is 0 Å². The molecule has 0 bridgehead atoms. The number of benzene rings is 1. The second-order valence-corrected chi connectivity index (χ2v) is 6.38. The van der Waals surface area contributed by atoms with Gasteiger partial charge in [-0.3, -0.25) is 9.78 Å². The summed E-state index contributed by atoms with van der Waals surface area (Å²) in [5.74, 6) is 1.56. The molecule has 0 aliphatic carbocycles. The molecule has 1 aliphatic rings. The molecule has 0 saturated carbocycles. The lowest BCUT2D eigenvalue weighted by Crippen LogP contribution is -2.47. The van der Waals surface area contributed by atoms with Crippen molar-refractivity contribution in [3.8, 4) is 5.75 Å². The number of piperazine rings is 1. The van der Waals surface area contributed by atoms with Gasteiger partial charge in [0.15, 0.2) is 0 Å². The predicted octanol–water partition coefficient (Wildman–Crippen LogP) is 2.37. The van der Waals surface area contributed by atoms with Gasteiger partial charge in [-0.1, -0.05) is 13.3 Å². The van der Waals surface area contributed by atoms with E-state index >= 15 is 0 Å². The molecule has 1 aromatic heterocycles. The van der Waals surface area contributed by atoms with Crippen molar-refractivity contribution in [1.82, 2.24) is 9.97 Å². The molecular formula is C19H26N4O2. The minimum atomic E-state index is 0.00179. The van der Waals surface area contributed by atoms with Crippen molar-refractivity contribution < 1.29 is 4.74 Å². The minimum Gasteiger partial charge on any atom is -0.497 e. The van der Waals surface area contributed by atoms with Crippen molar-refractivity contribution in [2.24, 2.45) is 0 Å². The number of aromatic amines is 1. The van der Waals surface area contributed by atoms with Gasteiger partial charge in [-0.2, -0.15) is 0 Å². The van der Waals surface area contributed by atoms with E-state index in [1.165, 1.54) is 5.69 Å². The molecule has 2 heterocycles. The zero-order valence-electron chi connectivity index (χ0n) is 15.2. The Morgan fingerprint density at radius 3 is 2.32 bits per heavy atom. The molecule has 1 saturated heterocycles. The fourth-order valence-corrected chi connectivity index (χ4v) is 3.26. The van der Waals surface area contributed by atoms with E-state index in [1.807, 2.05) is 19.1 Å². The third-order valence-corrected chi connectivity index (χ3v) is 4.73. The molecule has 6 nitrogen and oxygen atoms in total. The molecule has 25 heavy (non-hydrogen) atoms. The normalized spacial score (nSPS) is 14.7. The molecule has 1 aromatic carbocycles. The molecule has 0 unspecified atom stereocenters. The highest BCUT2D eigenvalue weighted by molar-refractivity contribution is 5.50. The van der Waals surface area contributed by atoms with Crippen LogP contribution in [0.3, 0.4) is 0 Å². The van der Waals surface area contributed by atoms with E-state index in [1.54, 1.807) is 7.11 Å². The number of hydrogen-bond acceptors (Lipinski definition) is 5. The lowest BCUT2D eigenvalue weighted by atomic mass is 10.1. The molecule has 0 atom stereocenters. The van der Waals surface area contributed by atoms with Gasteiger partial charge in [-0.05, 0) is 37.6 Å². The van der Waals surface area contributed by atoms with E-state index in [4.69, 9.17) is 4.74 Å². The molecule has 1 aliphatic heterocycles. The fraction of sp³-hybridized carbons (Fsp3) is 0.474. The largest absolute Gasteiger partial charge is 0.497 e. The maximum atomic E-state index is 12.3. The number of anilines is 2. The van der Waals surface area contributed by atoms with Gasteiger partial charge in [0.1, 0.15) is 5.75 Å². The molecule has 6 heteroatoms. The van der Waals surface area contributed by atoms with Crippen LogP contribution in [0, 0.1) is 6.92 Å². The summed E-state index contributed by atoms with van der Waals surface area (Å²) in [6.45, 7) is 7.46. The first-order chi connectivity index (χ1) is 12.1. The lowest BCUT2D eigenvalue weighted by Gasteiger charge is -2.36. The smallest absolute Gasteiger partial charge is 0.255 e. The van der Waals surface area contributed by atoms with Crippen LogP contribution in [0.15, 0.2) is 29.1 Å². The van der Waals surface area contributed by atoms with Crippen molar-refractivity contribution in [1.29, 1.82) is 0 Å². The Labute approximate surface area is 148 Å². The topological polar surface area (TPSA) is 61.5 Å². The molecule has 134 valence electrons. The average Bonchev–Trinajstić information content (AvgIpc) is 2.65. The summed E-state index contributed by atoms with van der Waals surface area (Å²) in [5, 5.41) is 0. The van der Waals surface area contributed by atoms with Crippen LogP contribution in [-0.4, -0.2) is 43.3 Å². The highest BCUT2D eigenvalue weighted by Gasteiger charge is 2.20. The van der Waals surface area contributed by atoms with Crippen LogP contribution in [0.25, 0.3) is 0 Å². The van der Waals surface area contributed by atoms with E-state index in [2.05, 4.69) is 38.8 Å². The Morgan fingerprint density at radius 2 is 1.76 bits per heavy atom. The average molecular weight is 342 g/mol. The third-order valence-electron chi connectivity index (χ3n) is 4.73. The quantitative estimate of drug-likeness (QED) is 0.904. The van der Waals surface area contributed by atoms with Gasteiger partial charge in [0.2, 0.25) is 5.95 Å². The molecule has 3 rings (SSSR count). The Hall–Kier alpha value is -2.50. The number of methoxy groups -OCH3 is 1. The minimum absolute atomic E-state index is 0.00179. The fourth-order valence-electron chi connectivity index (χ4n) is 3.26. The standard InChI is InChI=1S/C19H26N4O2/c1-4-5-17-14(2)20-19(21-18(17)24)23-12-10-22(11-13-23)15-6-8-16(25-3)9-7-15/h6-9H,4-5,10-13H2,1-3H3,(H,20,21,24). The maximum absolute atomic E-state index is 12.3. The van der Waals surface area contributed by atoms with Crippen LogP contribution < -0.4 is 20.1 Å². The molecule has 0 radical (unpaired) electrons. The summed E-state index contributed by atoms with van der Waals surface area (Å²) in [4.78, 5) is 24.4. The van der Waals surface area contributed by atoms with Crippen molar-refractivity contribution in [3.63, 3.8) is 0 Å². The van der Waals surface area contributed by atoms with Gasteiger partial charge in [0, 0.05) is 43.1 Å². The number of aryl methyl sites for hydroxylation is 1. The third kappa shape index (κ3) is 3.78. The monoisotopic (exact) mass is 342 g/mol. The first-order valence-electron chi connectivity index (χ1n) is 8.86. The summed E-state index contributed by atoms with van der Waals surface area (Å²) in [6.07, 6.45) is 1.73. The highest BCUT2D eigenvalue weighted by atomic mass is 16.5. The lowest BCUT2D eigenvalue weighted by molar-refractivity contribution is 0.415. The van der Waals surface area contributed by atoms with E-state index in [0.29, 0.717) is 5.95 Å². The van der Waals surface area contributed by atoms with Gasteiger partial charge in [0.25, 0.3) is 5.56 Å². The van der Waals surface area contributed by atoms with Crippen LogP contribution in [0.5, 0.6) is 5.75 Å². The van der Waals surface area contributed by atoms with Crippen molar-refractivity contribution in [2.45, 2.75) is 26.7 Å². The molecular weight excluding hydrogens is 316 g/mol. The first kappa shape index (κ1) is 17.3. The first-order valence-corrected chi connectivity index (χ1v) is 8.86. The van der Waals surface area contributed by atoms with Crippen LogP contribution in [0.2, 0.25) is 0 Å². The zero-order chi connectivity index (χ0) is 17.8. The second-order valence-electron chi connectivity index (χ2n) is 6.38. The SMILES string of the molecule is CCCc1c(C)nc(N2CCN(c3ccc(OC)cc3)CC2)[nH]c1=O.